The summed E-state index contributed by atoms with van der Waals surface area (Å²) in [5.74, 6) is 3.99. The zero-order valence-electron chi connectivity index (χ0n) is 37.2. The van der Waals surface area contributed by atoms with Gasteiger partial charge in [0.15, 0.2) is 0 Å². The second-order valence-corrected chi connectivity index (χ2v) is 20.2. The molecule has 8 rings (SSSR count). The molecule has 6 fully saturated rings. The number of likely N-dealkylation sites (tertiary alicyclic amines) is 2. The second-order valence-electron chi connectivity index (χ2n) is 20.2. The van der Waals surface area contributed by atoms with Gasteiger partial charge in [0.05, 0.1) is 13.3 Å². The third-order valence-corrected chi connectivity index (χ3v) is 16.4. The van der Waals surface area contributed by atoms with Crippen LogP contribution in [0, 0.1) is 23.7 Å². The predicted molar refractivity (Wildman–Crippen MR) is 241 cm³/mol. The number of nitrogens with zero attached hydrogens (tertiary/aromatic N) is 6. The van der Waals surface area contributed by atoms with E-state index in [1.807, 2.05) is 0 Å². The van der Waals surface area contributed by atoms with Gasteiger partial charge in [0.2, 0.25) is 11.8 Å². The lowest BCUT2D eigenvalue weighted by Gasteiger charge is -2.47. The van der Waals surface area contributed by atoms with Gasteiger partial charge in [0, 0.05) is 62.7 Å². The molecule has 2 spiro atoms. The van der Waals surface area contributed by atoms with Crippen LogP contribution in [-0.2, 0) is 9.59 Å². The molecule has 0 bridgehead atoms. The van der Waals surface area contributed by atoms with Crippen LogP contribution in [0.15, 0.2) is 60.7 Å². The maximum Gasteiger partial charge on any atom is 0.250 e. The van der Waals surface area contributed by atoms with Crippen LogP contribution >= 0.6 is 0 Å². The molecule has 6 aliphatic rings. The normalized spacial score (nSPS) is 28.0. The number of piperidine rings is 2. The molecule has 0 unspecified atom stereocenters. The molecule has 324 valence electrons. The van der Waals surface area contributed by atoms with Crippen molar-refractivity contribution in [1.29, 1.82) is 0 Å². The fourth-order valence-corrected chi connectivity index (χ4v) is 12.4. The van der Waals surface area contributed by atoms with E-state index in [0.717, 1.165) is 115 Å². The van der Waals surface area contributed by atoms with Crippen LogP contribution < -0.4 is 15.1 Å². The fourth-order valence-electron chi connectivity index (χ4n) is 12.4. The Morgan fingerprint density at radius 2 is 0.898 bits per heavy atom. The van der Waals surface area contributed by atoms with Gasteiger partial charge in [-0.15, -0.1) is 0 Å². The Morgan fingerprint density at radius 3 is 1.24 bits per heavy atom. The van der Waals surface area contributed by atoms with Crippen LogP contribution in [0.3, 0.4) is 0 Å². The van der Waals surface area contributed by atoms with Gasteiger partial charge < -0.3 is 34.7 Å². The van der Waals surface area contributed by atoms with E-state index >= 15 is 0 Å². The molecule has 2 aromatic rings. The average molecular weight is 808 g/mol. The molecule has 2 aromatic carbocycles. The molecule has 4 heterocycles. The summed E-state index contributed by atoms with van der Waals surface area (Å²) < 4.78 is 0. The van der Waals surface area contributed by atoms with Gasteiger partial charge in [-0.2, -0.15) is 0 Å². The van der Waals surface area contributed by atoms with E-state index in [1.54, 1.807) is 0 Å². The topological polar surface area (TPSA) is 65.6 Å². The van der Waals surface area contributed by atoms with Crippen LogP contribution in [-0.4, -0.2) is 120 Å². The van der Waals surface area contributed by atoms with Crippen LogP contribution in [0.2, 0.25) is 0 Å². The average Bonchev–Trinajstić information content (AvgIpc) is 3.69. The summed E-state index contributed by atoms with van der Waals surface area (Å²) in [6.07, 6.45) is 16.2. The molecular formula is C50H77N7O2. The largest absolute Gasteiger partial charge is 0.339 e. The smallest absolute Gasteiger partial charge is 0.250 e. The number of hydrogen-bond acceptors (Lipinski definition) is 7. The van der Waals surface area contributed by atoms with Gasteiger partial charge in [-0.25, -0.2) is 0 Å². The van der Waals surface area contributed by atoms with E-state index in [9.17, 15) is 9.59 Å². The third kappa shape index (κ3) is 8.95. The van der Waals surface area contributed by atoms with Crippen molar-refractivity contribution in [2.45, 2.75) is 141 Å². The van der Waals surface area contributed by atoms with Crippen molar-refractivity contribution in [2.75, 3.05) is 75.5 Å². The lowest BCUT2D eigenvalue weighted by Crippen LogP contribution is -2.58. The van der Waals surface area contributed by atoms with Crippen LogP contribution in [0.4, 0.5) is 11.4 Å². The summed E-state index contributed by atoms with van der Waals surface area (Å²) in [4.78, 5) is 43.4. The minimum atomic E-state index is -0.433. The number of rotatable bonds is 14. The minimum Gasteiger partial charge on any atom is -0.339 e. The van der Waals surface area contributed by atoms with Gasteiger partial charge in [-0.3, -0.25) is 9.59 Å². The quantitative estimate of drug-likeness (QED) is 0.194. The maximum atomic E-state index is 14.4. The van der Waals surface area contributed by atoms with E-state index < -0.39 is 11.1 Å². The number of amides is 2. The molecule has 4 saturated heterocycles. The number of carbonyl (C=O) groups excluding carboxylic acids is 2. The van der Waals surface area contributed by atoms with Crippen LogP contribution in [0.25, 0.3) is 0 Å². The highest BCUT2D eigenvalue weighted by Gasteiger charge is 2.55. The van der Waals surface area contributed by atoms with Crippen molar-refractivity contribution in [1.82, 2.24) is 24.9 Å². The standard InChI is InChI=1S/C50H77N7O2/c1-39(2)41-17-21-43(22-18-41)52-33-25-49(26-34-52)47(58)54(37-56(49)45-13-7-5-8-14-45)31-11-29-51-30-12-32-55-38-57(46-15-9-6-10-16-46)50(48(55)59)27-35-53(36-28-50)44-23-19-42(20-24-44)40(3)4/h5-10,13-16,39-44,51H,11-12,17-38H2,1-4H3. The molecule has 2 saturated carbocycles. The van der Waals surface area contributed by atoms with Gasteiger partial charge in [0.25, 0.3) is 0 Å². The molecule has 9 heteroatoms. The SMILES string of the molecule is CC(C)C1CCC(N2CCC3(CC2)C(=O)N(CCCNCCCN2CN(c4ccccc4)C4(CCN(C5CCC(C(C)C)CC5)CC4)C2=O)CN3c2ccccc2)CC1. The zero-order chi connectivity index (χ0) is 41.0. The highest BCUT2D eigenvalue weighted by atomic mass is 16.2. The Bertz CT molecular complexity index is 1520. The van der Waals surface area contributed by atoms with Gasteiger partial charge in [0.1, 0.15) is 11.1 Å². The molecule has 4 aliphatic heterocycles. The van der Waals surface area contributed by atoms with Crippen molar-refractivity contribution in [2.24, 2.45) is 23.7 Å². The summed E-state index contributed by atoms with van der Waals surface area (Å²) in [7, 11) is 0. The Kier molecular flexibility index (Phi) is 13.6. The third-order valence-electron chi connectivity index (χ3n) is 16.4. The zero-order valence-corrected chi connectivity index (χ0v) is 37.2. The number of nitrogens with one attached hydrogen (secondary N) is 1. The summed E-state index contributed by atoms with van der Waals surface area (Å²) >= 11 is 0. The van der Waals surface area contributed by atoms with Crippen molar-refractivity contribution in [3.8, 4) is 0 Å². The number of anilines is 2. The predicted octanol–water partition coefficient (Wildman–Crippen LogP) is 8.07. The van der Waals surface area contributed by atoms with E-state index in [2.05, 4.69) is 123 Å². The Balaban J connectivity index is 0.805. The van der Waals surface area contributed by atoms with Gasteiger partial charge >= 0.3 is 0 Å². The van der Waals surface area contributed by atoms with Crippen molar-refractivity contribution >= 4 is 23.2 Å². The van der Waals surface area contributed by atoms with Gasteiger partial charge in [-0.05, 0) is 151 Å². The molecule has 59 heavy (non-hydrogen) atoms. The summed E-state index contributed by atoms with van der Waals surface area (Å²) in [5.41, 5.74) is 1.48. The second kappa shape index (κ2) is 18.9. The molecule has 0 aromatic heterocycles. The monoisotopic (exact) mass is 808 g/mol. The molecule has 9 nitrogen and oxygen atoms in total. The van der Waals surface area contributed by atoms with Crippen molar-refractivity contribution in [3.63, 3.8) is 0 Å². The first kappa shape index (κ1) is 42.5. The van der Waals surface area contributed by atoms with E-state index in [4.69, 9.17) is 0 Å². The van der Waals surface area contributed by atoms with E-state index in [0.29, 0.717) is 37.2 Å². The fraction of sp³-hybridized carbons (Fsp3) is 0.720. The first-order valence-corrected chi connectivity index (χ1v) is 24.1. The van der Waals surface area contributed by atoms with E-state index in [1.165, 1.54) is 62.7 Å². The first-order valence-electron chi connectivity index (χ1n) is 24.1. The maximum absolute atomic E-state index is 14.4. The molecular weight excluding hydrogens is 731 g/mol. The summed E-state index contributed by atoms with van der Waals surface area (Å²) in [6.45, 7) is 18.2. The Labute approximate surface area is 357 Å². The summed E-state index contributed by atoms with van der Waals surface area (Å²) in [6, 6.07) is 22.7. The Hall–Kier alpha value is -3.14. The number of benzene rings is 2. The van der Waals surface area contributed by atoms with Crippen molar-refractivity contribution < 1.29 is 9.59 Å². The van der Waals surface area contributed by atoms with Gasteiger partial charge in [-0.1, -0.05) is 64.1 Å². The number of hydrogen-bond donors (Lipinski definition) is 1. The lowest BCUT2D eigenvalue weighted by molar-refractivity contribution is -0.134. The van der Waals surface area contributed by atoms with Crippen molar-refractivity contribution in [3.05, 3.63) is 60.7 Å². The highest BCUT2D eigenvalue weighted by molar-refractivity contribution is 5.94. The Morgan fingerprint density at radius 1 is 0.542 bits per heavy atom. The summed E-state index contributed by atoms with van der Waals surface area (Å²) in [5, 5.41) is 3.68. The number of para-hydroxylation sites is 2. The van der Waals surface area contributed by atoms with Crippen LogP contribution in [0.5, 0.6) is 0 Å². The number of carbonyl (C=O) groups is 2. The molecule has 2 aliphatic carbocycles. The highest BCUT2D eigenvalue weighted by Crippen LogP contribution is 2.43. The molecule has 0 radical (unpaired) electrons. The molecule has 0 atom stereocenters. The minimum absolute atomic E-state index is 0.332. The lowest BCUT2D eigenvalue weighted by atomic mass is 9.78. The molecule has 2 amide bonds. The van der Waals surface area contributed by atoms with Crippen LogP contribution in [0.1, 0.15) is 118 Å². The first-order chi connectivity index (χ1) is 28.7. The molecule has 1 N–H and O–H groups in total. The van der Waals surface area contributed by atoms with E-state index in [-0.39, 0.29) is 0 Å².